The minimum atomic E-state index is -0.535. The fourth-order valence-corrected chi connectivity index (χ4v) is 4.55. The molecule has 3 aromatic rings. The number of benzene rings is 2. The largest absolute Gasteiger partial charge is 0.508 e. The number of non-ortho nitro benzene ring substituents is 1. The Hall–Kier alpha value is -4.12. The van der Waals surface area contributed by atoms with Gasteiger partial charge in [0.1, 0.15) is 28.6 Å². The molecule has 1 aromatic heterocycles. The van der Waals surface area contributed by atoms with Crippen molar-refractivity contribution in [2.45, 2.75) is 18.9 Å². The lowest BCUT2D eigenvalue weighted by atomic mass is 9.84. The van der Waals surface area contributed by atoms with Crippen molar-refractivity contribution in [3.8, 4) is 34.3 Å². The van der Waals surface area contributed by atoms with Crippen LogP contribution in [0.1, 0.15) is 23.3 Å². The standard InChI is InChI=1S/C23H22N4O7/c28-15-9-19(29)22(20(10-15)33-16-3-1-14(2-4-16)27(31)32)21-11-17(25-34-21)23(30)24-18-12-26-7-5-13(18)6-8-26/h1-4,9-11,13,18,28-29H,5-8,12H2,(H,24,30). The molecule has 0 saturated carbocycles. The fraction of sp³-hybridized carbons (Fsp3) is 0.304. The maximum atomic E-state index is 12.8. The summed E-state index contributed by atoms with van der Waals surface area (Å²) in [7, 11) is 0. The number of hydrogen-bond donors (Lipinski definition) is 3. The number of nitro benzene ring substituents is 1. The van der Waals surface area contributed by atoms with Crippen LogP contribution in [0.25, 0.3) is 11.3 Å². The zero-order chi connectivity index (χ0) is 23.8. The van der Waals surface area contributed by atoms with Crippen molar-refractivity contribution in [1.29, 1.82) is 0 Å². The first-order valence-electron chi connectivity index (χ1n) is 10.9. The lowest BCUT2D eigenvalue weighted by molar-refractivity contribution is -0.384. The highest BCUT2D eigenvalue weighted by molar-refractivity contribution is 5.93. The minimum absolute atomic E-state index is 0.0202. The molecule has 11 nitrogen and oxygen atoms in total. The molecule has 176 valence electrons. The van der Waals surface area contributed by atoms with E-state index in [2.05, 4.69) is 15.4 Å². The van der Waals surface area contributed by atoms with E-state index < -0.39 is 4.92 Å². The van der Waals surface area contributed by atoms with Crippen molar-refractivity contribution in [1.82, 2.24) is 15.4 Å². The Kier molecular flexibility index (Phi) is 5.54. The molecule has 1 atom stereocenters. The van der Waals surface area contributed by atoms with E-state index in [1.807, 2.05) is 0 Å². The Morgan fingerprint density at radius 1 is 1.18 bits per heavy atom. The van der Waals surface area contributed by atoms with E-state index in [-0.39, 0.29) is 57.7 Å². The number of phenols is 2. The van der Waals surface area contributed by atoms with Crippen LogP contribution in [0.4, 0.5) is 5.69 Å². The molecule has 1 unspecified atom stereocenters. The normalized spacial score (nSPS) is 21.2. The number of hydrogen-bond acceptors (Lipinski definition) is 9. The summed E-state index contributed by atoms with van der Waals surface area (Å²) in [5, 5.41) is 38.2. The van der Waals surface area contributed by atoms with Gasteiger partial charge in [0.15, 0.2) is 11.5 Å². The quantitative estimate of drug-likeness (QED) is 0.367. The molecule has 6 rings (SSSR count). The first-order valence-corrected chi connectivity index (χ1v) is 10.9. The summed E-state index contributed by atoms with van der Waals surface area (Å²) in [6, 6.07) is 9.11. The maximum absolute atomic E-state index is 12.8. The molecule has 3 N–H and O–H groups in total. The number of piperidine rings is 3. The van der Waals surface area contributed by atoms with Gasteiger partial charge in [0.2, 0.25) is 0 Å². The molecule has 3 aliphatic rings. The Morgan fingerprint density at radius 3 is 2.56 bits per heavy atom. The smallest absolute Gasteiger partial charge is 0.273 e. The van der Waals surface area contributed by atoms with Crippen LogP contribution in [0.2, 0.25) is 0 Å². The average molecular weight is 466 g/mol. The van der Waals surface area contributed by atoms with Gasteiger partial charge in [0, 0.05) is 42.9 Å². The Morgan fingerprint density at radius 2 is 1.91 bits per heavy atom. The topological polar surface area (TPSA) is 151 Å². The van der Waals surface area contributed by atoms with Gasteiger partial charge >= 0.3 is 0 Å². The lowest BCUT2D eigenvalue weighted by Crippen LogP contribution is -2.57. The van der Waals surface area contributed by atoms with E-state index in [1.165, 1.54) is 36.4 Å². The predicted octanol–water partition coefficient (Wildman–Crippen LogP) is 3.28. The summed E-state index contributed by atoms with van der Waals surface area (Å²) in [5.74, 6) is -0.222. The van der Waals surface area contributed by atoms with Crippen LogP contribution in [0, 0.1) is 16.0 Å². The second-order valence-electron chi connectivity index (χ2n) is 8.49. The van der Waals surface area contributed by atoms with Gasteiger partial charge < -0.3 is 29.7 Å². The van der Waals surface area contributed by atoms with Crippen LogP contribution in [0.15, 0.2) is 47.0 Å². The van der Waals surface area contributed by atoms with Gasteiger partial charge in [0.05, 0.1) is 4.92 Å². The van der Waals surface area contributed by atoms with Gasteiger partial charge in [-0.15, -0.1) is 0 Å². The molecule has 11 heteroatoms. The third-order valence-electron chi connectivity index (χ3n) is 6.30. The molecule has 34 heavy (non-hydrogen) atoms. The second-order valence-corrected chi connectivity index (χ2v) is 8.49. The summed E-state index contributed by atoms with van der Waals surface area (Å²) in [4.78, 5) is 25.5. The van der Waals surface area contributed by atoms with E-state index in [9.17, 15) is 25.1 Å². The number of nitrogens with one attached hydrogen (secondary N) is 1. The minimum Gasteiger partial charge on any atom is -0.508 e. The van der Waals surface area contributed by atoms with Crippen molar-refractivity contribution < 1.29 is 29.2 Å². The highest BCUT2D eigenvalue weighted by Gasteiger charge is 2.35. The van der Waals surface area contributed by atoms with E-state index in [4.69, 9.17) is 9.26 Å². The molecular formula is C23H22N4O7. The third kappa shape index (κ3) is 4.25. The summed E-state index contributed by atoms with van der Waals surface area (Å²) in [5.41, 5.74) is 0.0194. The molecule has 0 aliphatic carbocycles. The third-order valence-corrected chi connectivity index (χ3v) is 6.30. The van der Waals surface area contributed by atoms with Crippen molar-refractivity contribution in [2.75, 3.05) is 19.6 Å². The molecule has 3 saturated heterocycles. The number of nitrogens with zero attached hydrogens (tertiary/aromatic N) is 3. The van der Waals surface area contributed by atoms with Gasteiger partial charge in [-0.3, -0.25) is 14.9 Å². The molecule has 3 aliphatic heterocycles. The monoisotopic (exact) mass is 466 g/mol. The number of nitro groups is 1. The molecule has 4 heterocycles. The number of rotatable bonds is 6. The van der Waals surface area contributed by atoms with Crippen molar-refractivity contribution in [3.05, 3.63) is 58.3 Å². The van der Waals surface area contributed by atoms with Crippen LogP contribution < -0.4 is 10.1 Å². The first-order chi connectivity index (χ1) is 16.4. The second kappa shape index (κ2) is 8.67. The number of aromatic nitrogens is 1. The summed E-state index contributed by atoms with van der Waals surface area (Å²) in [6.45, 7) is 2.93. The van der Waals surface area contributed by atoms with Gasteiger partial charge in [0.25, 0.3) is 11.6 Å². The summed E-state index contributed by atoms with van der Waals surface area (Å²) >= 11 is 0. The van der Waals surface area contributed by atoms with E-state index >= 15 is 0 Å². The van der Waals surface area contributed by atoms with Crippen LogP contribution in [-0.2, 0) is 0 Å². The Labute approximate surface area is 193 Å². The zero-order valence-corrected chi connectivity index (χ0v) is 18.0. The summed E-state index contributed by atoms with van der Waals surface area (Å²) in [6.07, 6.45) is 2.11. The van der Waals surface area contributed by atoms with Crippen LogP contribution in [0.3, 0.4) is 0 Å². The maximum Gasteiger partial charge on any atom is 0.273 e. The van der Waals surface area contributed by atoms with Gasteiger partial charge in [-0.2, -0.15) is 0 Å². The fourth-order valence-electron chi connectivity index (χ4n) is 4.55. The number of phenolic OH excluding ortho intramolecular Hbond substituents is 2. The molecular weight excluding hydrogens is 444 g/mol. The van der Waals surface area contributed by atoms with Gasteiger partial charge in [-0.1, -0.05) is 5.16 Å². The van der Waals surface area contributed by atoms with Crippen molar-refractivity contribution in [3.63, 3.8) is 0 Å². The first kappa shape index (κ1) is 21.7. The molecule has 3 fully saturated rings. The van der Waals surface area contributed by atoms with Crippen LogP contribution >= 0.6 is 0 Å². The zero-order valence-electron chi connectivity index (χ0n) is 18.0. The highest BCUT2D eigenvalue weighted by Crippen LogP contribution is 2.43. The molecule has 1 amide bonds. The van der Waals surface area contributed by atoms with Crippen molar-refractivity contribution >= 4 is 11.6 Å². The molecule has 2 bridgehead atoms. The van der Waals surface area contributed by atoms with Crippen LogP contribution in [-0.4, -0.2) is 56.8 Å². The van der Waals surface area contributed by atoms with Crippen LogP contribution in [0.5, 0.6) is 23.0 Å². The van der Waals surface area contributed by atoms with Gasteiger partial charge in [-0.05, 0) is 44.0 Å². The highest BCUT2D eigenvalue weighted by atomic mass is 16.6. The number of carbonyl (C=O) groups excluding carboxylic acids is 1. The number of amides is 1. The van der Waals surface area contributed by atoms with Crippen molar-refractivity contribution in [2.24, 2.45) is 5.92 Å². The molecule has 2 aromatic carbocycles. The number of fused-ring (bicyclic) bond motifs is 3. The molecule has 0 radical (unpaired) electrons. The number of ether oxygens (including phenoxy) is 1. The number of carbonyl (C=O) groups is 1. The SMILES string of the molecule is O=C(NC1CN2CCC1CC2)c1cc(-c2c(O)cc(O)cc2Oc2ccc([N+](=O)[O-])cc2)on1. The van der Waals surface area contributed by atoms with Gasteiger partial charge in [-0.25, -0.2) is 0 Å². The summed E-state index contributed by atoms with van der Waals surface area (Å²) < 4.78 is 11.1. The predicted molar refractivity (Wildman–Crippen MR) is 119 cm³/mol. The van der Waals surface area contributed by atoms with E-state index in [1.54, 1.807) is 0 Å². The lowest BCUT2D eigenvalue weighted by Gasteiger charge is -2.44. The average Bonchev–Trinajstić information content (AvgIpc) is 3.30. The van der Waals surface area contributed by atoms with E-state index in [0.29, 0.717) is 5.92 Å². The Bertz CT molecular complexity index is 1230. The van der Waals surface area contributed by atoms with E-state index in [0.717, 1.165) is 38.5 Å². The number of aromatic hydroxyl groups is 2. The Balaban J connectivity index is 1.38. The molecule has 0 spiro atoms.